The predicted molar refractivity (Wildman–Crippen MR) is 63.9 cm³/mol. The number of hydrogen-bond donors (Lipinski definition) is 4. The molecule has 96 valence electrons. The molecule has 7 nitrogen and oxygen atoms in total. The number of rotatable bonds is 4. The third-order valence-electron chi connectivity index (χ3n) is 2.73. The monoisotopic (exact) mass is 249 g/mol. The first-order chi connectivity index (χ1) is 8.58. The zero-order valence-corrected chi connectivity index (χ0v) is 10.1. The first-order valence-corrected chi connectivity index (χ1v) is 5.59. The molecule has 0 saturated carbocycles. The Labute approximate surface area is 104 Å². The predicted octanol–water partition coefficient (Wildman–Crippen LogP) is 1.02. The minimum absolute atomic E-state index is 0.115. The van der Waals surface area contributed by atoms with Crippen LogP contribution in [0.3, 0.4) is 0 Å². The van der Waals surface area contributed by atoms with E-state index in [1.165, 1.54) is 18.2 Å². The van der Waals surface area contributed by atoms with Gasteiger partial charge in [0.2, 0.25) is 0 Å². The van der Waals surface area contributed by atoms with E-state index in [-0.39, 0.29) is 23.6 Å². The van der Waals surface area contributed by atoms with Crippen LogP contribution in [0.4, 0.5) is 0 Å². The summed E-state index contributed by atoms with van der Waals surface area (Å²) in [5.41, 5.74) is 0.616. The van der Waals surface area contributed by atoms with Gasteiger partial charge in [-0.2, -0.15) is 5.21 Å². The molecule has 0 aliphatic heterocycles. The van der Waals surface area contributed by atoms with Gasteiger partial charge in [0, 0.05) is 11.6 Å². The van der Waals surface area contributed by atoms with Crippen molar-refractivity contribution in [3.8, 4) is 11.5 Å². The molecule has 18 heavy (non-hydrogen) atoms. The summed E-state index contributed by atoms with van der Waals surface area (Å²) in [5.74, 6) is 0.790. The summed E-state index contributed by atoms with van der Waals surface area (Å²) in [5, 5.41) is 36.0. The molecule has 7 heteroatoms. The minimum atomic E-state index is -0.161. The number of nitrogens with zero attached hydrogens (tertiary/aromatic N) is 3. The number of aromatic amines is 1. The highest BCUT2D eigenvalue weighted by atomic mass is 16.3. The van der Waals surface area contributed by atoms with Gasteiger partial charge in [-0.05, 0) is 32.0 Å². The van der Waals surface area contributed by atoms with Crippen LogP contribution in [0.1, 0.15) is 37.3 Å². The van der Waals surface area contributed by atoms with Gasteiger partial charge in [-0.15, -0.1) is 10.2 Å². The van der Waals surface area contributed by atoms with E-state index in [1.807, 2.05) is 13.8 Å². The number of nitrogens with one attached hydrogen (secondary N) is 2. The molecule has 0 aliphatic carbocycles. The number of aromatic nitrogens is 4. The average molecular weight is 249 g/mol. The lowest BCUT2D eigenvalue weighted by Crippen LogP contribution is -2.23. The number of benzene rings is 1. The summed E-state index contributed by atoms with van der Waals surface area (Å²) >= 11 is 0. The molecule has 2 rings (SSSR count). The van der Waals surface area contributed by atoms with E-state index in [0.29, 0.717) is 11.4 Å². The highest BCUT2D eigenvalue weighted by molar-refractivity contribution is 5.40. The second-order valence-corrected chi connectivity index (χ2v) is 4.12. The molecular formula is C11H15N5O2. The van der Waals surface area contributed by atoms with Gasteiger partial charge < -0.3 is 15.5 Å². The molecule has 0 radical (unpaired) electrons. The lowest BCUT2D eigenvalue weighted by molar-refractivity contribution is 0.425. The van der Waals surface area contributed by atoms with E-state index in [0.717, 1.165) is 0 Å². The molecule has 0 fully saturated rings. The van der Waals surface area contributed by atoms with Crippen LogP contribution in [0, 0.1) is 0 Å². The van der Waals surface area contributed by atoms with Crippen LogP contribution in [0.5, 0.6) is 11.5 Å². The van der Waals surface area contributed by atoms with Crippen molar-refractivity contribution in [1.29, 1.82) is 0 Å². The fraction of sp³-hybridized carbons (Fsp3) is 0.364. The van der Waals surface area contributed by atoms with Crippen LogP contribution in [0.15, 0.2) is 18.2 Å². The molecule has 0 amide bonds. The quantitative estimate of drug-likeness (QED) is 0.603. The second kappa shape index (κ2) is 5.01. The zero-order chi connectivity index (χ0) is 13.1. The number of phenols is 2. The van der Waals surface area contributed by atoms with Crippen molar-refractivity contribution in [1.82, 2.24) is 25.9 Å². The lowest BCUT2D eigenvalue weighted by Gasteiger charge is -2.19. The SMILES string of the molecule is CC(NC(C)c1cc(O)ccc1O)c1nn[nH]n1. The molecule has 2 unspecified atom stereocenters. The Hall–Kier alpha value is -2.15. The Bertz CT molecular complexity index is 514. The topological polar surface area (TPSA) is 107 Å². The lowest BCUT2D eigenvalue weighted by atomic mass is 10.1. The largest absolute Gasteiger partial charge is 0.508 e. The van der Waals surface area contributed by atoms with E-state index >= 15 is 0 Å². The van der Waals surface area contributed by atoms with Crippen LogP contribution < -0.4 is 5.32 Å². The Kier molecular flexibility index (Phi) is 3.42. The maximum absolute atomic E-state index is 9.75. The highest BCUT2D eigenvalue weighted by Gasteiger charge is 2.17. The number of phenolic OH excluding ortho intramolecular Hbond substituents is 2. The summed E-state index contributed by atoms with van der Waals surface area (Å²) in [6, 6.07) is 4.14. The maximum Gasteiger partial charge on any atom is 0.191 e. The van der Waals surface area contributed by atoms with Crippen LogP contribution >= 0.6 is 0 Å². The number of hydrogen-bond acceptors (Lipinski definition) is 6. The van der Waals surface area contributed by atoms with Crippen molar-refractivity contribution < 1.29 is 10.2 Å². The minimum Gasteiger partial charge on any atom is -0.508 e. The van der Waals surface area contributed by atoms with Crippen LogP contribution in [-0.2, 0) is 0 Å². The van der Waals surface area contributed by atoms with Gasteiger partial charge in [0.1, 0.15) is 11.5 Å². The molecule has 1 aromatic heterocycles. The number of tetrazole rings is 1. The smallest absolute Gasteiger partial charge is 0.191 e. The summed E-state index contributed by atoms with van der Waals surface area (Å²) in [7, 11) is 0. The average Bonchev–Trinajstić information content (AvgIpc) is 2.85. The fourth-order valence-corrected chi connectivity index (χ4v) is 1.78. The third-order valence-corrected chi connectivity index (χ3v) is 2.73. The van der Waals surface area contributed by atoms with E-state index < -0.39 is 0 Å². The summed E-state index contributed by atoms with van der Waals surface area (Å²) in [6.07, 6.45) is 0. The van der Waals surface area contributed by atoms with E-state index in [2.05, 4.69) is 25.9 Å². The van der Waals surface area contributed by atoms with Crippen molar-refractivity contribution in [2.24, 2.45) is 0 Å². The summed E-state index contributed by atoms with van der Waals surface area (Å²) < 4.78 is 0. The van der Waals surface area contributed by atoms with Crippen LogP contribution in [-0.4, -0.2) is 30.8 Å². The molecule has 0 bridgehead atoms. The van der Waals surface area contributed by atoms with Gasteiger partial charge in [0.25, 0.3) is 0 Å². The Morgan fingerprint density at radius 1 is 1.22 bits per heavy atom. The van der Waals surface area contributed by atoms with Crippen molar-refractivity contribution >= 4 is 0 Å². The van der Waals surface area contributed by atoms with E-state index in [4.69, 9.17) is 0 Å². The zero-order valence-electron chi connectivity index (χ0n) is 10.1. The van der Waals surface area contributed by atoms with Crippen LogP contribution in [0.2, 0.25) is 0 Å². The van der Waals surface area contributed by atoms with Gasteiger partial charge in [-0.25, -0.2) is 0 Å². The van der Waals surface area contributed by atoms with Gasteiger partial charge in [0.05, 0.1) is 6.04 Å². The fourth-order valence-electron chi connectivity index (χ4n) is 1.78. The van der Waals surface area contributed by atoms with Crippen molar-refractivity contribution in [3.05, 3.63) is 29.6 Å². The molecule has 0 saturated heterocycles. The first-order valence-electron chi connectivity index (χ1n) is 5.59. The number of H-pyrrole nitrogens is 1. The van der Waals surface area contributed by atoms with E-state index in [9.17, 15) is 10.2 Å². The Balaban J connectivity index is 2.12. The molecule has 2 aromatic rings. The second-order valence-electron chi connectivity index (χ2n) is 4.12. The summed E-state index contributed by atoms with van der Waals surface area (Å²) in [4.78, 5) is 0. The highest BCUT2D eigenvalue weighted by Crippen LogP contribution is 2.28. The van der Waals surface area contributed by atoms with Crippen molar-refractivity contribution in [3.63, 3.8) is 0 Å². The standard InChI is InChI=1S/C11H15N5O2/c1-6(9-5-8(17)3-4-10(9)18)12-7(2)11-13-15-16-14-11/h3-7,12,17-18H,1-2H3,(H,13,14,15,16). The molecule has 4 N–H and O–H groups in total. The van der Waals surface area contributed by atoms with Crippen molar-refractivity contribution in [2.75, 3.05) is 0 Å². The normalized spacial score (nSPS) is 14.3. The van der Waals surface area contributed by atoms with Gasteiger partial charge >= 0.3 is 0 Å². The Morgan fingerprint density at radius 2 is 2.00 bits per heavy atom. The van der Waals surface area contributed by atoms with Gasteiger partial charge in [-0.3, -0.25) is 0 Å². The molecule has 1 aromatic carbocycles. The van der Waals surface area contributed by atoms with Gasteiger partial charge in [-0.1, -0.05) is 5.21 Å². The molecular weight excluding hydrogens is 234 g/mol. The third kappa shape index (κ3) is 2.57. The molecule has 1 heterocycles. The van der Waals surface area contributed by atoms with Gasteiger partial charge in [0.15, 0.2) is 5.82 Å². The molecule has 0 spiro atoms. The number of aromatic hydroxyl groups is 2. The summed E-state index contributed by atoms with van der Waals surface area (Å²) in [6.45, 7) is 3.77. The maximum atomic E-state index is 9.75. The Morgan fingerprint density at radius 3 is 2.67 bits per heavy atom. The molecule has 2 atom stereocenters. The van der Waals surface area contributed by atoms with E-state index in [1.54, 1.807) is 0 Å². The van der Waals surface area contributed by atoms with Crippen molar-refractivity contribution in [2.45, 2.75) is 25.9 Å². The first kappa shape index (κ1) is 12.3. The molecule has 0 aliphatic rings. The van der Waals surface area contributed by atoms with Crippen LogP contribution in [0.25, 0.3) is 0 Å².